The third-order valence-electron chi connectivity index (χ3n) is 2.73. The zero-order valence-corrected chi connectivity index (χ0v) is 10.5. The number of carbonyl (C=O) groups excluding carboxylic acids is 1. The Morgan fingerprint density at radius 3 is 2.50 bits per heavy atom. The summed E-state index contributed by atoms with van der Waals surface area (Å²) in [4.78, 5) is 11.1. The van der Waals surface area contributed by atoms with E-state index in [0.29, 0.717) is 18.1 Å². The van der Waals surface area contributed by atoms with Crippen LogP contribution in [0, 0.1) is 0 Å². The molecule has 1 amide bonds. The Balaban J connectivity index is 1.89. The molecule has 0 saturated carbocycles. The highest BCUT2D eigenvalue weighted by Gasteiger charge is 2.34. The molecule has 1 aromatic carbocycles. The molecule has 1 aromatic rings. The molecule has 0 radical (unpaired) electrons. The lowest BCUT2D eigenvalue weighted by atomic mass is 10.3. The number of epoxide rings is 1. The minimum absolute atomic E-state index is 0.0206. The molecular weight excluding hydrogens is 234 g/mol. The molecule has 0 aromatic heterocycles. The number of nitrogens with one attached hydrogen (secondary N) is 1. The molecule has 1 fully saturated rings. The van der Waals surface area contributed by atoms with Crippen molar-refractivity contribution in [3.05, 3.63) is 24.3 Å². The third-order valence-corrected chi connectivity index (χ3v) is 2.73. The number of rotatable bonds is 6. The van der Waals surface area contributed by atoms with Gasteiger partial charge in [0.05, 0.1) is 6.10 Å². The number of hydrogen-bond acceptors (Lipinski definition) is 4. The second kappa shape index (κ2) is 5.73. The molecule has 1 saturated heterocycles. The predicted octanol–water partition coefficient (Wildman–Crippen LogP) is 0.977. The van der Waals surface area contributed by atoms with E-state index in [2.05, 4.69) is 5.32 Å². The molecule has 2 unspecified atom stereocenters. The predicted molar refractivity (Wildman–Crippen MR) is 65.8 cm³/mol. The van der Waals surface area contributed by atoms with E-state index in [9.17, 15) is 4.79 Å². The number of hydrogen-bond donors (Lipinski definition) is 1. The zero-order valence-electron chi connectivity index (χ0n) is 10.5. The summed E-state index contributed by atoms with van der Waals surface area (Å²) in [5, 5.41) is 2.50. The first kappa shape index (κ1) is 12.7. The number of benzene rings is 1. The van der Waals surface area contributed by atoms with E-state index in [-0.39, 0.29) is 24.7 Å². The van der Waals surface area contributed by atoms with Gasteiger partial charge in [-0.3, -0.25) is 4.79 Å². The summed E-state index contributed by atoms with van der Waals surface area (Å²) in [5.41, 5.74) is 0. The van der Waals surface area contributed by atoms with E-state index in [1.54, 1.807) is 13.1 Å². The Kier molecular flexibility index (Phi) is 4.04. The number of carbonyl (C=O) groups is 1. The van der Waals surface area contributed by atoms with Crippen LogP contribution in [0.1, 0.15) is 6.92 Å². The average Bonchev–Trinajstić information content (AvgIpc) is 3.10. The third kappa shape index (κ3) is 3.37. The van der Waals surface area contributed by atoms with Crippen LogP contribution < -0.4 is 14.8 Å². The summed E-state index contributed by atoms with van der Waals surface area (Å²) in [7, 11) is 1.57. The van der Waals surface area contributed by atoms with Crippen LogP contribution in [0.15, 0.2) is 24.3 Å². The van der Waals surface area contributed by atoms with E-state index in [4.69, 9.17) is 14.2 Å². The molecule has 0 aliphatic carbocycles. The van der Waals surface area contributed by atoms with Gasteiger partial charge in [0.1, 0.15) is 12.7 Å². The number of amides is 1. The standard InChI is InChI=1S/C13H17NO4/c1-9-12(18-9)7-16-10-5-3-4-6-11(10)17-8-13(15)14-2/h3-6,9,12H,7-8H2,1-2H3,(H,14,15). The highest BCUT2D eigenvalue weighted by molar-refractivity contribution is 5.77. The first-order valence-electron chi connectivity index (χ1n) is 5.91. The first-order chi connectivity index (χ1) is 8.70. The van der Waals surface area contributed by atoms with Crippen LogP contribution in [0.5, 0.6) is 11.5 Å². The second-order valence-electron chi connectivity index (χ2n) is 4.10. The van der Waals surface area contributed by atoms with Crippen LogP contribution in [0.4, 0.5) is 0 Å². The van der Waals surface area contributed by atoms with Crippen molar-refractivity contribution in [2.24, 2.45) is 0 Å². The number of ether oxygens (including phenoxy) is 3. The lowest BCUT2D eigenvalue weighted by Gasteiger charge is -2.11. The van der Waals surface area contributed by atoms with Gasteiger partial charge in [0.2, 0.25) is 0 Å². The van der Waals surface area contributed by atoms with Gasteiger partial charge in [-0.25, -0.2) is 0 Å². The Morgan fingerprint density at radius 1 is 1.33 bits per heavy atom. The van der Waals surface area contributed by atoms with Gasteiger partial charge in [0.25, 0.3) is 5.91 Å². The van der Waals surface area contributed by atoms with Crippen LogP contribution in [0.3, 0.4) is 0 Å². The maximum Gasteiger partial charge on any atom is 0.257 e. The number of para-hydroxylation sites is 2. The van der Waals surface area contributed by atoms with Crippen molar-refractivity contribution >= 4 is 5.91 Å². The molecule has 1 aliphatic heterocycles. The molecule has 2 rings (SSSR count). The molecule has 1 heterocycles. The summed E-state index contributed by atoms with van der Waals surface area (Å²) >= 11 is 0. The molecule has 18 heavy (non-hydrogen) atoms. The average molecular weight is 251 g/mol. The molecule has 1 N–H and O–H groups in total. The van der Waals surface area contributed by atoms with Crippen LogP contribution in [-0.2, 0) is 9.53 Å². The summed E-state index contributed by atoms with van der Waals surface area (Å²) in [6, 6.07) is 7.28. The fourth-order valence-corrected chi connectivity index (χ4v) is 1.48. The second-order valence-corrected chi connectivity index (χ2v) is 4.10. The van der Waals surface area contributed by atoms with E-state index < -0.39 is 0 Å². The van der Waals surface area contributed by atoms with Gasteiger partial charge in [-0.15, -0.1) is 0 Å². The minimum Gasteiger partial charge on any atom is -0.487 e. The Bertz CT molecular complexity index is 421. The van der Waals surface area contributed by atoms with Crippen LogP contribution in [-0.4, -0.2) is 38.4 Å². The molecule has 0 spiro atoms. The van der Waals surface area contributed by atoms with Crippen molar-refractivity contribution < 1.29 is 19.0 Å². The molecule has 0 bridgehead atoms. The van der Waals surface area contributed by atoms with Crippen LogP contribution >= 0.6 is 0 Å². The van der Waals surface area contributed by atoms with Crippen molar-refractivity contribution in [1.29, 1.82) is 0 Å². The van der Waals surface area contributed by atoms with Crippen LogP contribution in [0.25, 0.3) is 0 Å². The maximum atomic E-state index is 11.1. The molecular formula is C13H17NO4. The van der Waals surface area contributed by atoms with Gasteiger partial charge in [0.15, 0.2) is 18.1 Å². The summed E-state index contributed by atoms with van der Waals surface area (Å²) in [6.45, 7) is 2.48. The Hall–Kier alpha value is -1.75. The molecule has 5 nitrogen and oxygen atoms in total. The summed E-state index contributed by atoms with van der Waals surface area (Å²) in [5.74, 6) is 1.02. The summed E-state index contributed by atoms with van der Waals surface area (Å²) < 4.78 is 16.3. The first-order valence-corrected chi connectivity index (χ1v) is 5.91. The largest absolute Gasteiger partial charge is 0.487 e. The summed E-state index contributed by atoms with van der Waals surface area (Å²) in [6.07, 6.45) is 0.431. The zero-order chi connectivity index (χ0) is 13.0. The van der Waals surface area contributed by atoms with Crippen molar-refractivity contribution in [3.8, 4) is 11.5 Å². The minimum atomic E-state index is -0.177. The van der Waals surface area contributed by atoms with Gasteiger partial charge in [-0.05, 0) is 19.1 Å². The van der Waals surface area contributed by atoms with E-state index >= 15 is 0 Å². The van der Waals surface area contributed by atoms with E-state index in [1.807, 2.05) is 25.1 Å². The molecule has 5 heteroatoms. The normalized spacial score (nSPS) is 21.2. The maximum absolute atomic E-state index is 11.1. The van der Waals surface area contributed by atoms with Gasteiger partial charge >= 0.3 is 0 Å². The van der Waals surface area contributed by atoms with E-state index in [0.717, 1.165) is 0 Å². The topological polar surface area (TPSA) is 60.1 Å². The fourth-order valence-electron chi connectivity index (χ4n) is 1.48. The van der Waals surface area contributed by atoms with Gasteiger partial charge < -0.3 is 19.5 Å². The Labute approximate surface area is 106 Å². The molecule has 98 valence electrons. The quantitative estimate of drug-likeness (QED) is 0.766. The van der Waals surface area contributed by atoms with Crippen LogP contribution in [0.2, 0.25) is 0 Å². The van der Waals surface area contributed by atoms with Gasteiger partial charge in [-0.1, -0.05) is 12.1 Å². The van der Waals surface area contributed by atoms with Gasteiger partial charge in [-0.2, -0.15) is 0 Å². The highest BCUT2D eigenvalue weighted by Crippen LogP contribution is 2.28. The lowest BCUT2D eigenvalue weighted by molar-refractivity contribution is -0.122. The fraction of sp³-hybridized carbons (Fsp3) is 0.462. The lowest BCUT2D eigenvalue weighted by Crippen LogP contribution is -2.25. The smallest absolute Gasteiger partial charge is 0.257 e. The van der Waals surface area contributed by atoms with Crippen molar-refractivity contribution in [2.45, 2.75) is 19.1 Å². The van der Waals surface area contributed by atoms with Gasteiger partial charge in [0, 0.05) is 7.05 Å². The molecule has 1 aliphatic rings. The highest BCUT2D eigenvalue weighted by atomic mass is 16.6. The SMILES string of the molecule is CNC(=O)COc1ccccc1OCC1OC1C. The van der Waals surface area contributed by atoms with Crippen molar-refractivity contribution in [1.82, 2.24) is 5.32 Å². The molecule has 2 atom stereocenters. The monoisotopic (exact) mass is 251 g/mol. The van der Waals surface area contributed by atoms with Crippen molar-refractivity contribution in [3.63, 3.8) is 0 Å². The van der Waals surface area contributed by atoms with E-state index in [1.165, 1.54) is 0 Å². The van der Waals surface area contributed by atoms with Crippen molar-refractivity contribution in [2.75, 3.05) is 20.3 Å². The Morgan fingerprint density at radius 2 is 1.94 bits per heavy atom. The number of likely N-dealkylation sites (N-methyl/N-ethyl adjacent to an activating group) is 1.